The fourth-order valence-electron chi connectivity index (χ4n) is 12.1. The Morgan fingerprint density at radius 2 is 0.812 bits per heavy atom. The van der Waals surface area contributed by atoms with E-state index in [1.807, 2.05) is 154 Å². The zero-order chi connectivity index (χ0) is 72.3. The number of rotatable bonds is 21. The van der Waals surface area contributed by atoms with Crippen LogP contribution in [-0.2, 0) is 35.4 Å². The Morgan fingerprint density at radius 1 is 0.406 bits per heavy atom. The number of aliphatic hydroxyl groups excluding tert-OH is 2. The molecule has 14 aromatic rings. The van der Waals surface area contributed by atoms with Gasteiger partial charge in [-0.3, -0.25) is 0 Å². The van der Waals surface area contributed by atoms with Gasteiger partial charge in [0.1, 0.15) is 49.4 Å². The molecule has 0 radical (unpaired) electrons. The number of H-pyrrole nitrogens is 6. The van der Waals surface area contributed by atoms with Crippen molar-refractivity contribution in [2.75, 3.05) is 101 Å². The van der Waals surface area contributed by atoms with Crippen molar-refractivity contribution in [3.05, 3.63) is 197 Å². The van der Waals surface area contributed by atoms with Gasteiger partial charge in [0, 0.05) is 154 Å². The number of anilines is 6. The number of nitrogens with two attached hydrogens (primary N) is 6. The maximum absolute atomic E-state index is 8.90. The van der Waals surface area contributed by atoms with Gasteiger partial charge in [-0.05, 0) is 192 Å². The van der Waals surface area contributed by atoms with Crippen molar-refractivity contribution in [2.24, 2.45) is 0 Å². The number of aliphatic hydroxyl groups is 2. The summed E-state index contributed by atoms with van der Waals surface area (Å²) in [5.74, 6) is 3.33. The van der Waals surface area contributed by atoms with Gasteiger partial charge in [0.25, 0.3) is 0 Å². The molecule has 8 aromatic heterocycles. The number of hydrogen-bond donors (Lipinski definition) is 14. The predicted molar refractivity (Wildman–Crippen MR) is 413 cm³/mol. The van der Waals surface area contributed by atoms with Crippen molar-refractivity contribution in [2.45, 2.75) is 87.7 Å². The van der Waals surface area contributed by atoms with Crippen LogP contribution in [-0.4, -0.2) is 121 Å². The highest BCUT2D eigenvalue weighted by molar-refractivity contribution is 6.01. The number of hydrogen-bond acceptors (Lipinski definition) is 15. The smallest absolute Gasteiger partial charge is 0.143 e. The molecule has 0 saturated carbocycles. The summed E-state index contributed by atoms with van der Waals surface area (Å²) in [6.45, 7) is 21.9. The van der Waals surface area contributed by atoms with E-state index >= 15 is 0 Å². The molecule has 0 aliphatic heterocycles. The molecule has 14 rings (SSSR count). The van der Waals surface area contributed by atoms with Gasteiger partial charge in [0.2, 0.25) is 0 Å². The molecule has 8 heterocycles. The molecule has 20 N–H and O–H groups in total. The zero-order valence-corrected chi connectivity index (χ0v) is 59.6. The number of aryl methyl sites for hydroxylation is 9. The van der Waals surface area contributed by atoms with Gasteiger partial charge in [-0.25, -0.2) is 4.98 Å². The highest BCUT2D eigenvalue weighted by Gasteiger charge is 2.17. The minimum absolute atomic E-state index is 0.153. The molecular formula is C78H99N15O8. The third kappa shape index (κ3) is 17.9. The van der Waals surface area contributed by atoms with Crippen LogP contribution in [0, 0.1) is 55.4 Å². The molecule has 0 atom stereocenters. The summed E-state index contributed by atoms with van der Waals surface area (Å²) in [7, 11) is 3.31. The van der Waals surface area contributed by atoms with E-state index in [2.05, 4.69) is 74.1 Å². The van der Waals surface area contributed by atoms with Crippen LogP contribution in [0.3, 0.4) is 0 Å². The Bertz CT molecular complexity index is 4830. The third-order valence-corrected chi connectivity index (χ3v) is 17.9. The Kier molecular flexibility index (Phi) is 25.8. The second-order valence-corrected chi connectivity index (χ2v) is 24.7. The second-order valence-electron chi connectivity index (χ2n) is 24.7. The third-order valence-electron chi connectivity index (χ3n) is 17.9. The molecule has 0 spiro atoms. The summed E-state index contributed by atoms with van der Waals surface area (Å²) in [5.41, 5.74) is 58.1. The van der Waals surface area contributed by atoms with Crippen LogP contribution in [0.4, 0.5) is 34.1 Å². The Morgan fingerprint density at radius 3 is 1.24 bits per heavy atom. The van der Waals surface area contributed by atoms with Gasteiger partial charge in [-0.15, -0.1) is 0 Å². The molecule has 0 bridgehead atoms. The van der Waals surface area contributed by atoms with E-state index in [1.165, 1.54) is 33.4 Å². The lowest BCUT2D eigenvalue weighted by Crippen LogP contribution is -2.06. The van der Waals surface area contributed by atoms with Crippen molar-refractivity contribution in [1.82, 2.24) is 44.0 Å². The number of ether oxygens (including phenoxy) is 6. The number of nitrogen functional groups attached to an aromatic ring is 6. The SMILES string of the molecule is COCCOc1ccc(N)c2c(C)c(C)[nH]c12.COCCOc1ccc(N)c2cc[nH]c12.Cc1[nH]c2c(OCCn3cccc3)ccc(N)c2c1C.Cc1[nH]c2c(OCCn3ccnc3)ccc(N)c2c1C.Cc1ccc(N)c2c(CCCO)c[nH]c12.Cc1ccc(N)c2c(CCO)c[nH]c12. The summed E-state index contributed by atoms with van der Waals surface area (Å²) in [6.07, 6.45) is 17.6. The molecule has 0 aliphatic carbocycles. The zero-order valence-electron chi connectivity index (χ0n) is 59.6. The molecule has 0 saturated heterocycles. The van der Waals surface area contributed by atoms with Gasteiger partial charge in [-0.2, -0.15) is 0 Å². The average molecular weight is 1370 g/mol. The molecule has 23 heteroatoms. The highest BCUT2D eigenvalue weighted by Crippen LogP contribution is 2.37. The summed E-state index contributed by atoms with van der Waals surface area (Å²) in [5, 5.41) is 24.1. The van der Waals surface area contributed by atoms with E-state index in [-0.39, 0.29) is 13.2 Å². The van der Waals surface area contributed by atoms with E-state index in [0.717, 1.165) is 171 Å². The number of nitrogens with one attached hydrogen (secondary N) is 6. The van der Waals surface area contributed by atoms with Gasteiger partial charge < -0.3 is 112 Å². The standard InChI is InChI=1S/C16H19N3O.C15H18N4O.C13H18N2O2.C12H16N2O.C11H14N2O2.C11H14N2O/c1-11-12(2)18-16-14(6-5-13(17)15(11)16)20-10-9-19-7-3-4-8-19;1-10-11(2)18-15-13(4-3-12(16)14(10)15)20-8-7-19-6-5-17-9-19;1-8-9(2)15-13-11(17-7-6-16-3)5-4-10(14)12(8)13;1-8-4-5-10(13)11-9(3-2-6-15)7-14-12(8)11;1-14-6-7-15-10-3-2-9(12)8-4-5-13-11(8)10;1-7-2-3-9(12)10-8(4-5-14)6-13-11(7)10/h3-8,18H,9-10,17H2,1-2H3;3-6,9,18H,7-8,16H2,1-2H3;4-5,15H,6-7,14H2,1-3H3;4-5,7,14-15H,2-3,6,13H2,1H3;2-5,13H,6-7,12H2,1H3;2-3,6,13-14H,4-5,12H2,1H3. The van der Waals surface area contributed by atoms with Gasteiger partial charge in [0.15, 0.2) is 0 Å². The van der Waals surface area contributed by atoms with Crippen molar-refractivity contribution >= 4 is 99.5 Å². The van der Waals surface area contributed by atoms with Crippen LogP contribution < -0.4 is 53.3 Å². The number of benzene rings is 6. The minimum Gasteiger partial charge on any atom is -0.490 e. The lowest BCUT2D eigenvalue weighted by molar-refractivity contribution is 0.147. The van der Waals surface area contributed by atoms with E-state index in [9.17, 15) is 0 Å². The summed E-state index contributed by atoms with van der Waals surface area (Å²) in [6, 6.07) is 29.0. The number of aromatic nitrogens is 9. The lowest BCUT2D eigenvalue weighted by Gasteiger charge is -2.09. The second kappa shape index (κ2) is 35.1. The van der Waals surface area contributed by atoms with Crippen LogP contribution in [0.15, 0.2) is 141 Å². The Balaban J connectivity index is 0.000000142. The summed E-state index contributed by atoms with van der Waals surface area (Å²) in [4.78, 5) is 23.6. The van der Waals surface area contributed by atoms with E-state index in [1.54, 1.807) is 26.7 Å². The number of nitrogens with zero attached hydrogens (tertiary/aromatic N) is 3. The van der Waals surface area contributed by atoms with Crippen molar-refractivity contribution in [3.8, 4) is 23.0 Å². The van der Waals surface area contributed by atoms with Crippen LogP contribution in [0.5, 0.6) is 23.0 Å². The molecular weight excluding hydrogens is 1270 g/mol. The minimum atomic E-state index is 0.153. The monoisotopic (exact) mass is 1370 g/mol. The van der Waals surface area contributed by atoms with Crippen LogP contribution >= 0.6 is 0 Å². The molecule has 23 nitrogen and oxygen atoms in total. The van der Waals surface area contributed by atoms with Crippen molar-refractivity contribution in [3.63, 3.8) is 0 Å². The van der Waals surface area contributed by atoms with Gasteiger partial charge >= 0.3 is 0 Å². The van der Waals surface area contributed by atoms with E-state index in [0.29, 0.717) is 46.1 Å². The molecule has 0 amide bonds. The molecule has 534 valence electrons. The quantitative estimate of drug-likeness (QED) is 0.0235. The van der Waals surface area contributed by atoms with Gasteiger partial charge in [0.05, 0.1) is 65.7 Å². The van der Waals surface area contributed by atoms with Crippen LogP contribution in [0.1, 0.15) is 62.4 Å². The first-order valence-electron chi connectivity index (χ1n) is 33.7. The largest absolute Gasteiger partial charge is 0.490 e. The number of imidazole rings is 1. The summed E-state index contributed by atoms with van der Waals surface area (Å²) < 4.78 is 37.0. The molecule has 6 aromatic carbocycles. The fraction of sp³-hybridized carbons (Fsp3) is 0.295. The van der Waals surface area contributed by atoms with Crippen LogP contribution in [0.25, 0.3) is 65.4 Å². The number of fused-ring (bicyclic) bond motifs is 6. The fourth-order valence-corrected chi connectivity index (χ4v) is 12.1. The van der Waals surface area contributed by atoms with E-state index in [4.69, 9.17) is 73.0 Å². The first kappa shape index (κ1) is 74.1. The molecule has 0 fully saturated rings. The van der Waals surface area contributed by atoms with Crippen molar-refractivity contribution in [1.29, 1.82) is 0 Å². The highest BCUT2D eigenvalue weighted by atomic mass is 16.5. The molecule has 101 heavy (non-hydrogen) atoms. The number of methoxy groups -OCH3 is 2. The molecule has 0 unspecified atom stereocenters. The van der Waals surface area contributed by atoms with Crippen molar-refractivity contribution < 1.29 is 38.6 Å². The summed E-state index contributed by atoms with van der Waals surface area (Å²) >= 11 is 0. The van der Waals surface area contributed by atoms with Crippen LogP contribution in [0.2, 0.25) is 0 Å². The topological polar surface area (TPSA) is 369 Å². The molecule has 0 aliphatic rings. The predicted octanol–water partition coefficient (Wildman–Crippen LogP) is 13.6. The Labute approximate surface area is 588 Å². The van der Waals surface area contributed by atoms with Gasteiger partial charge in [-0.1, -0.05) is 12.1 Å². The first-order valence-corrected chi connectivity index (χ1v) is 33.7. The Hall–Kier alpha value is -11.1. The van der Waals surface area contributed by atoms with E-state index < -0.39 is 0 Å². The average Bonchev–Trinajstić information content (AvgIpc) is 1.63. The first-order chi connectivity index (χ1) is 48.8. The maximum atomic E-state index is 8.90. The number of aromatic amines is 6. The maximum Gasteiger partial charge on any atom is 0.143 e. The normalized spacial score (nSPS) is 11.0. The lowest BCUT2D eigenvalue weighted by atomic mass is 10.0.